The zero-order valence-electron chi connectivity index (χ0n) is 19.3. The van der Waals surface area contributed by atoms with Crippen molar-refractivity contribution in [2.24, 2.45) is 0 Å². The molecule has 2 fully saturated rings. The van der Waals surface area contributed by atoms with E-state index in [1.807, 2.05) is 0 Å². The summed E-state index contributed by atoms with van der Waals surface area (Å²) in [7, 11) is 0. The van der Waals surface area contributed by atoms with Crippen molar-refractivity contribution in [2.75, 3.05) is 18.0 Å². The molecule has 2 N–H and O–H groups in total. The van der Waals surface area contributed by atoms with Crippen molar-refractivity contribution in [3.8, 4) is 5.75 Å². The van der Waals surface area contributed by atoms with Gasteiger partial charge in [0.05, 0.1) is 18.5 Å². The Morgan fingerprint density at radius 3 is 2.64 bits per heavy atom. The molecule has 1 aromatic carbocycles. The van der Waals surface area contributed by atoms with Crippen LogP contribution in [0.4, 0.5) is 19.4 Å². The number of aliphatic hydroxyl groups excluding tert-OH is 1. The van der Waals surface area contributed by atoms with Crippen molar-refractivity contribution in [3.05, 3.63) is 46.9 Å². The normalized spacial score (nSPS) is 26.1. The monoisotopic (exact) mass is 521 g/mol. The van der Waals surface area contributed by atoms with Gasteiger partial charge in [-0.2, -0.15) is 0 Å². The van der Waals surface area contributed by atoms with Crippen LogP contribution >= 0.6 is 11.6 Å². The third-order valence-corrected chi connectivity index (χ3v) is 7.25. The summed E-state index contributed by atoms with van der Waals surface area (Å²) < 4.78 is 31.3. The highest BCUT2D eigenvalue weighted by Gasteiger charge is 2.38. The Hall–Kier alpha value is -3.05. The number of carbonyl (C=O) groups excluding carboxylic acids is 2. The first-order valence-electron chi connectivity index (χ1n) is 11.9. The molecule has 1 saturated carbocycles. The number of aromatic nitrogens is 2. The molecule has 2 unspecified atom stereocenters. The number of nitrogens with zero attached hydrogens (tertiary/aromatic N) is 4. The molecule has 9 nitrogen and oxygen atoms in total. The van der Waals surface area contributed by atoms with Crippen LogP contribution in [0.15, 0.2) is 30.6 Å². The van der Waals surface area contributed by atoms with E-state index in [1.54, 1.807) is 23.1 Å². The summed E-state index contributed by atoms with van der Waals surface area (Å²) in [6, 6.07) is 4.70. The van der Waals surface area contributed by atoms with Crippen LogP contribution in [0.3, 0.4) is 0 Å². The number of urea groups is 1. The van der Waals surface area contributed by atoms with Gasteiger partial charge in [0.15, 0.2) is 11.9 Å². The second-order valence-electron chi connectivity index (χ2n) is 9.28. The molecule has 5 rings (SSSR count). The van der Waals surface area contributed by atoms with Gasteiger partial charge < -0.3 is 20.1 Å². The topological polar surface area (TPSA) is 108 Å². The van der Waals surface area contributed by atoms with Crippen molar-refractivity contribution in [3.63, 3.8) is 0 Å². The van der Waals surface area contributed by atoms with Crippen molar-refractivity contribution in [1.82, 2.24) is 20.2 Å². The summed E-state index contributed by atoms with van der Waals surface area (Å²) in [6.07, 6.45) is 0.836. The Morgan fingerprint density at radius 1 is 1.17 bits per heavy atom. The van der Waals surface area contributed by atoms with Crippen molar-refractivity contribution in [2.45, 2.75) is 62.8 Å². The average molecular weight is 522 g/mol. The number of hydrogen-bond acceptors (Lipinski definition) is 6. The van der Waals surface area contributed by atoms with Crippen LogP contribution in [0.2, 0.25) is 5.02 Å². The predicted molar refractivity (Wildman–Crippen MR) is 126 cm³/mol. The minimum atomic E-state index is -2.71. The first-order chi connectivity index (χ1) is 17.3. The van der Waals surface area contributed by atoms with Crippen LogP contribution in [-0.2, 0) is 4.79 Å². The number of carbonyl (C=O) groups is 2. The third-order valence-electron chi connectivity index (χ3n) is 7.01. The second-order valence-corrected chi connectivity index (χ2v) is 9.72. The van der Waals surface area contributed by atoms with Crippen molar-refractivity contribution in [1.29, 1.82) is 0 Å². The number of anilines is 1. The Morgan fingerprint density at radius 2 is 1.94 bits per heavy atom. The molecule has 1 saturated heterocycles. The maximum atomic E-state index is 13.0. The molecule has 2 atom stereocenters. The molecule has 12 heteroatoms. The van der Waals surface area contributed by atoms with E-state index >= 15 is 0 Å². The summed E-state index contributed by atoms with van der Waals surface area (Å²) >= 11 is 5.99. The Kier molecular flexibility index (Phi) is 6.94. The summed E-state index contributed by atoms with van der Waals surface area (Å²) in [6.45, 7) is 0.919. The minimum Gasteiger partial charge on any atom is -0.480 e. The van der Waals surface area contributed by atoms with Gasteiger partial charge in [-0.25, -0.2) is 23.5 Å². The molecule has 1 aromatic heterocycles. The fourth-order valence-corrected chi connectivity index (χ4v) is 5.27. The molecule has 0 radical (unpaired) electrons. The highest BCUT2D eigenvalue weighted by Crippen LogP contribution is 2.37. The molecule has 1 aliphatic carbocycles. The second kappa shape index (κ2) is 10.1. The number of hydrogen-bond donors (Lipinski definition) is 2. The highest BCUT2D eigenvalue weighted by atomic mass is 35.5. The first-order valence-corrected chi connectivity index (χ1v) is 12.3. The summed E-state index contributed by atoms with van der Waals surface area (Å²) in [5.74, 6) is 0.436. The van der Waals surface area contributed by atoms with Crippen LogP contribution in [0, 0.1) is 0 Å². The number of aliphatic hydroxyl groups is 1. The lowest BCUT2D eigenvalue weighted by atomic mass is 9.90. The lowest BCUT2D eigenvalue weighted by Crippen LogP contribution is -2.49. The number of nitrogens with one attached hydrogen (secondary N) is 1. The van der Waals surface area contributed by atoms with Crippen molar-refractivity contribution >= 4 is 29.4 Å². The molecule has 0 bridgehead atoms. The summed E-state index contributed by atoms with van der Waals surface area (Å²) in [5, 5.41) is 14.0. The van der Waals surface area contributed by atoms with Crippen LogP contribution in [0.1, 0.15) is 55.9 Å². The molecule has 3 amide bonds. The molecule has 3 aliphatic rings. The van der Waals surface area contributed by atoms with Gasteiger partial charge in [0.25, 0.3) is 12.3 Å². The van der Waals surface area contributed by atoms with Gasteiger partial charge in [-0.3, -0.25) is 9.69 Å². The third kappa shape index (κ3) is 4.94. The minimum absolute atomic E-state index is 0.0216. The van der Waals surface area contributed by atoms with Gasteiger partial charge in [0.1, 0.15) is 11.4 Å². The molecular weight excluding hydrogens is 496 g/mol. The van der Waals surface area contributed by atoms with Crippen molar-refractivity contribution < 1.29 is 28.2 Å². The fourth-order valence-electron chi connectivity index (χ4n) is 5.09. The van der Waals surface area contributed by atoms with E-state index in [2.05, 4.69) is 15.3 Å². The lowest BCUT2D eigenvalue weighted by molar-refractivity contribution is -0.131. The Balaban J connectivity index is 1.13. The standard InChI is InChI=1S/C24H26ClF2N5O4/c25-13-1-6-19-16(9-13)18(33)10-20(36-19)23(34)30-14-2-4-15(5-3-14)31-7-8-32(24(31)35)21-12-28-17(11-29-21)22(26)27/h1,6,9,11-12,14-15,18,20,22,33H,2-5,7-8,10H2,(H,30,34)/t14-,15-,18?,20?. The van der Waals surface area contributed by atoms with Gasteiger partial charge >= 0.3 is 6.03 Å². The van der Waals surface area contributed by atoms with Crippen LogP contribution in [-0.4, -0.2) is 63.2 Å². The zero-order chi connectivity index (χ0) is 25.4. The number of halogens is 3. The molecule has 2 aliphatic heterocycles. The maximum absolute atomic E-state index is 13.0. The van der Waals surface area contributed by atoms with Gasteiger partial charge in [-0.05, 0) is 43.9 Å². The van der Waals surface area contributed by atoms with E-state index in [0.717, 1.165) is 19.0 Å². The highest BCUT2D eigenvalue weighted by molar-refractivity contribution is 6.30. The molecular formula is C24H26ClF2N5O4. The number of amides is 3. The van der Waals surface area contributed by atoms with E-state index in [1.165, 1.54) is 11.1 Å². The van der Waals surface area contributed by atoms with E-state index in [0.29, 0.717) is 42.3 Å². The van der Waals surface area contributed by atoms with E-state index < -0.39 is 24.3 Å². The number of ether oxygens (including phenoxy) is 1. The molecule has 36 heavy (non-hydrogen) atoms. The van der Waals surface area contributed by atoms with Crippen LogP contribution in [0.25, 0.3) is 0 Å². The molecule has 2 aromatic rings. The van der Waals surface area contributed by atoms with E-state index in [4.69, 9.17) is 16.3 Å². The molecule has 192 valence electrons. The van der Waals surface area contributed by atoms with Crippen LogP contribution < -0.4 is 15.0 Å². The predicted octanol–water partition coefficient (Wildman–Crippen LogP) is 3.62. The Labute approximate surface area is 211 Å². The SMILES string of the molecule is O=C(N[C@H]1CC[C@H](N2CCN(c3cnc(C(F)F)cn3)C2=O)CC1)C1CC(O)c2cc(Cl)ccc2O1. The van der Waals surface area contributed by atoms with Crippen LogP contribution in [0.5, 0.6) is 5.75 Å². The smallest absolute Gasteiger partial charge is 0.326 e. The van der Waals surface area contributed by atoms with E-state index in [-0.39, 0.29) is 36.3 Å². The number of rotatable bonds is 5. The molecule has 0 spiro atoms. The lowest BCUT2D eigenvalue weighted by Gasteiger charge is -2.35. The number of benzene rings is 1. The molecule has 3 heterocycles. The maximum Gasteiger partial charge on any atom is 0.326 e. The zero-order valence-corrected chi connectivity index (χ0v) is 20.1. The van der Waals surface area contributed by atoms with Gasteiger partial charge in [0, 0.05) is 42.2 Å². The Bertz CT molecular complexity index is 1130. The summed E-state index contributed by atoms with van der Waals surface area (Å²) in [5.41, 5.74) is 0.150. The number of alkyl halides is 2. The number of fused-ring (bicyclic) bond motifs is 1. The van der Waals surface area contributed by atoms with Gasteiger partial charge in [-0.15, -0.1) is 0 Å². The van der Waals surface area contributed by atoms with Gasteiger partial charge in [0.2, 0.25) is 0 Å². The largest absolute Gasteiger partial charge is 0.480 e. The fraction of sp³-hybridized carbons (Fsp3) is 0.500. The quantitative estimate of drug-likeness (QED) is 0.622. The average Bonchev–Trinajstić information content (AvgIpc) is 3.26. The summed E-state index contributed by atoms with van der Waals surface area (Å²) in [4.78, 5) is 36.7. The first kappa shape index (κ1) is 24.6. The van der Waals surface area contributed by atoms with Gasteiger partial charge in [-0.1, -0.05) is 11.6 Å². The van der Waals surface area contributed by atoms with E-state index in [9.17, 15) is 23.5 Å².